The van der Waals surface area contributed by atoms with Crippen LogP contribution in [0.25, 0.3) is 0 Å². The number of hydrogen-bond donors (Lipinski definition) is 1. The Bertz CT molecular complexity index is 185. The normalized spacial score (nSPS) is 22.8. The molecule has 0 spiro atoms. The van der Waals surface area contributed by atoms with Crippen molar-refractivity contribution in [2.24, 2.45) is 9.98 Å². The molecule has 1 aliphatic heterocycles. The Kier molecular flexibility index (Phi) is 1.68. The second-order valence-corrected chi connectivity index (χ2v) is 3.08. The van der Waals surface area contributed by atoms with Gasteiger partial charge in [0.2, 0.25) is 0 Å². The quantitative estimate of drug-likeness (QED) is 0.532. The van der Waals surface area contributed by atoms with E-state index in [0.717, 1.165) is 5.84 Å². The highest BCUT2D eigenvalue weighted by molar-refractivity contribution is 6.66. The fourth-order valence-electron chi connectivity index (χ4n) is 0.881. The Morgan fingerprint density at radius 1 is 1.40 bits per heavy atom. The van der Waals surface area contributed by atoms with Crippen LogP contribution in [0.5, 0.6) is 0 Å². The molecule has 0 fully saturated rings. The monoisotopic (exact) mass is 159 g/mol. The van der Waals surface area contributed by atoms with Gasteiger partial charge in [-0.1, -0.05) is 0 Å². The molecule has 0 aromatic heterocycles. The van der Waals surface area contributed by atoms with Crippen molar-refractivity contribution < 1.29 is 0 Å². The highest BCUT2D eigenvalue weighted by atomic mass is 35.5. The third-order valence-electron chi connectivity index (χ3n) is 1.10. The Hall–Kier alpha value is -0.570. The second-order valence-electron chi connectivity index (χ2n) is 2.72. The van der Waals surface area contributed by atoms with Gasteiger partial charge in [-0.2, -0.15) is 0 Å². The van der Waals surface area contributed by atoms with Gasteiger partial charge < -0.3 is 5.32 Å². The highest BCUT2D eigenvalue weighted by Gasteiger charge is 2.19. The number of amidine groups is 2. The SMILES string of the molecule is CC1=NC(C)(C)N=C(Cl)N1. The molecule has 1 aliphatic rings. The van der Waals surface area contributed by atoms with Crippen molar-refractivity contribution in [3.05, 3.63) is 0 Å². The van der Waals surface area contributed by atoms with E-state index in [1.165, 1.54) is 0 Å². The number of hydrogen-bond acceptors (Lipinski definition) is 3. The van der Waals surface area contributed by atoms with Gasteiger partial charge in [-0.25, -0.2) is 9.98 Å². The molecule has 1 rings (SSSR count). The lowest BCUT2D eigenvalue weighted by atomic mass is 10.2. The first kappa shape index (κ1) is 7.54. The minimum absolute atomic E-state index is 0.396. The molecule has 0 bridgehead atoms. The molecule has 0 aliphatic carbocycles. The number of aliphatic imine (C=N–C) groups is 2. The van der Waals surface area contributed by atoms with E-state index in [1.54, 1.807) is 0 Å². The molecule has 0 amide bonds. The van der Waals surface area contributed by atoms with Crippen LogP contribution in [0, 0.1) is 0 Å². The summed E-state index contributed by atoms with van der Waals surface area (Å²) in [4.78, 5) is 8.25. The fraction of sp³-hybridized carbons (Fsp3) is 0.667. The first-order valence-electron chi connectivity index (χ1n) is 3.08. The second kappa shape index (κ2) is 2.23. The van der Waals surface area contributed by atoms with Crippen LogP contribution in [-0.4, -0.2) is 16.8 Å². The van der Waals surface area contributed by atoms with E-state index >= 15 is 0 Å². The summed E-state index contributed by atoms with van der Waals surface area (Å²) in [5.74, 6) is 0.810. The summed E-state index contributed by atoms with van der Waals surface area (Å²) in [6.45, 7) is 5.66. The summed E-state index contributed by atoms with van der Waals surface area (Å²) >= 11 is 5.65. The van der Waals surface area contributed by atoms with Gasteiger partial charge in [0.1, 0.15) is 11.5 Å². The van der Waals surface area contributed by atoms with Gasteiger partial charge >= 0.3 is 0 Å². The van der Waals surface area contributed by atoms with Crippen LogP contribution in [0.3, 0.4) is 0 Å². The average Bonchev–Trinajstić information content (AvgIpc) is 1.54. The minimum Gasteiger partial charge on any atom is -0.319 e. The van der Waals surface area contributed by atoms with Gasteiger partial charge in [0, 0.05) is 0 Å². The van der Waals surface area contributed by atoms with E-state index in [2.05, 4.69) is 15.3 Å². The van der Waals surface area contributed by atoms with Crippen LogP contribution in [0.2, 0.25) is 0 Å². The summed E-state index contributed by atoms with van der Waals surface area (Å²) in [6.07, 6.45) is 0. The lowest BCUT2D eigenvalue weighted by molar-refractivity contribution is 0.544. The molecule has 0 saturated heterocycles. The van der Waals surface area contributed by atoms with Crippen molar-refractivity contribution in [1.82, 2.24) is 5.32 Å². The molecule has 4 heteroatoms. The zero-order valence-corrected chi connectivity index (χ0v) is 7.03. The largest absolute Gasteiger partial charge is 0.319 e. The van der Waals surface area contributed by atoms with E-state index in [-0.39, 0.29) is 0 Å². The van der Waals surface area contributed by atoms with Crippen LogP contribution < -0.4 is 5.32 Å². The summed E-state index contributed by atoms with van der Waals surface area (Å²) in [6, 6.07) is 0. The maximum absolute atomic E-state index is 5.65. The van der Waals surface area contributed by atoms with Gasteiger partial charge in [0.15, 0.2) is 5.29 Å². The van der Waals surface area contributed by atoms with Gasteiger partial charge in [-0.15, -0.1) is 0 Å². The third kappa shape index (κ3) is 1.70. The van der Waals surface area contributed by atoms with E-state index < -0.39 is 5.66 Å². The van der Waals surface area contributed by atoms with E-state index in [9.17, 15) is 0 Å². The van der Waals surface area contributed by atoms with Crippen molar-refractivity contribution in [2.45, 2.75) is 26.4 Å². The summed E-state index contributed by atoms with van der Waals surface area (Å²) < 4.78 is 0. The third-order valence-corrected chi connectivity index (χ3v) is 1.28. The predicted octanol–water partition coefficient (Wildman–Crippen LogP) is 1.34. The first-order chi connectivity index (χ1) is 4.49. The molecule has 0 unspecified atom stereocenters. The first-order valence-corrected chi connectivity index (χ1v) is 3.46. The zero-order chi connectivity index (χ0) is 7.78. The molecule has 1 N–H and O–H groups in total. The molecule has 10 heavy (non-hydrogen) atoms. The van der Waals surface area contributed by atoms with Crippen LogP contribution >= 0.6 is 11.6 Å². The van der Waals surface area contributed by atoms with Crippen LogP contribution in [0.15, 0.2) is 9.98 Å². The van der Waals surface area contributed by atoms with E-state index in [0.29, 0.717) is 5.29 Å². The topological polar surface area (TPSA) is 36.8 Å². The smallest absolute Gasteiger partial charge is 0.199 e. The minimum atomic E-state index is -0.396. The number of rotatable bonds is 0. The molecule has 3 nitrogen and oxygen atoms in total. The molecular formula is C6H10ClN3. The Labute approximate surface area is 65.2 Å². The fourth-order valence-corrected chi connectivity index (χ4v) is 1.22. The van der Waals surface area contributed by atoms with E-state index in [4.69, 9.17) is 11.6 Å². The van der Waals surface area contributed by atoms with Gasteiger partial charge in [0.25, 0.3) is 0 Å². The van der Waals surface area contributed by atoms with Gasteiger partial charge in [-0.3, -0.25) is 0 Å². The van der Waals surface area contributed by atoms with Crippen molar-refractivity contribution in [3.8, 4) is 0 Å². The van der Waals surface area contributed by atoms with Crippen molar-refractivity contribution in [2.75, 3.05) is 0 Å². The van der Waals surface area contributed by atoms with Crippen molar-refractivity contribution in [1.29, 1.82) is 0 Å². The average molecular weight is 160 g/mol. The summed E-state index contributed by atoms with van der Waals surface area (Å²) in [5, 5.41) is 3.21. The van der Waals surface area contributed by atoms with Crippen LogP contribution in [0.1, 0.15) is 20.8 Å². The lowest BCUT2D eigenvalue weighted by Crippen LogP contribution is -2.35. The van der Waals surface area contributed by atoms with Crippen LogP contribution in [-0.2, 0) is 0 Å². The van der Waals surface area contributed by atoms with Crippen molar-refractivity contribution in [3.63, 3.8) is 0 Å². The molecule has 0 saturated carbocycles. The lowest BCUT2D eigenvalue weighted by Gasteiger charge is -2.21. The maximum atomic E-state index is 5.65. The molecule has 0 radical (unpaired) electrons. The molecular weight excluding hydrogens is 150 g/mol. The maximum Gasteiger partial charge on any atom is 0.199 e. The summed E-state index contributed by atoms with van der Waals surface area (Å²) in [7, 11) is 0. The van der Waals surface area contributed by atoms with Crippen molar-refractivity contribution >= 4 is 22.7 Å². The van der Waals surface area contributed by atoms with Gasteiger partial charge in [-0.05, 0) is 32.4 Å². The van der Waals surface area contributed by atoms with E-state index in [1.807, 2.05) is 20.8 Å². The molecule has 1 heterocycles. The van der Waals surface area contributed by atoms with Crippen LogP contribution in [0.4, 0.5) is 0 Å². The Morgan fingerprint density at radius 2 is 2.00 bits per heavy atom. The number of nitrogens with one attached hydrogen (secondary N) is 1. The predicted molar refractivity (Wildman–Crippen MR) is 43.6 cm³/mol. The van der Waals surface area contributed by atoms with Gasteiger partial charge in [0.05, 0.1) is 0 Å². The number of nitrogens with zero attached hydrogens (tertiary/aromatic N) is 2. The Morgan fingerprint density at radius 3 is 2.40 bits per heavy atom. The molecule has 0 atom stereocenters. The highest BCUT2D eigenvalue weighted by Crippen LogP contribution is 2.14. The zero-order valence-electron chi connectivity index (χ0n) is 6.27. The Balaban J connectivity index is 2.88. The molecule has 56 valence electrons. The standard InChI is InChI=1S/C6H10ClN3/c1-4-8-5(7)10-6(2,3)9-4/h1-3H3,(H,8,9,10). The molecule has 0 aromatic carbocycles. The number of halogens is 1. The molecule has 0 aromatic rings. The summed E-state index contributed by atoms with van der Waals surface area (Å²) in [5.41, 5.74) is -0.396.